The smallest absolute Gasteiger partial charge is 0.287 e. The maximum atomic E-state index is 13.1. The Kier molecular flexibility index (Phi) is 2.75. The second kappa shape index (κ2) is 4.06. The first-order chi connectivity index (χ1) is 7.59. The van der Waals surface area contributed by atoms with Crippen LogP contribution < -0.4 is 5.56 Å². The molecule has 1 N–H and O–H groups in total. The summed E-state index contributed by atoms with van der Waals surface area (Å²) in [4.78, 5) is 17.5. The molecule has 0 saturated carbocycles. The van der Waals surface area contributed by atoms with Crippen LogP contribution in [0.4, 0.5) is 4.39 Å². The van der Waals surface area contributed by atoms with E-state index < -0.39 is 11.4 Å². The topological polar surface area (TPSA) is 45.8 Å². The van der Waals surface area contributed by atoms with Crippen LogP contribution in [-0.2, 0) is 0 Å². The van der Waals surface area contributed by atoms with Gasteiger partial charge in [-0.1, -0.05) is 23.7 Å². The molecule has 1 heterocycles. The summed E-state index contributed by atoms with van der Waals surface area (Å²) in [6, 6.07) is 6.91. The standard InChI is InChI=1S/C11H8ClFN2O/c1-6-9(13)11(16)15-10(14-6)7-4-2-3-5-8(7)12/h2-5H,1H3,(H,14,15,16). The van der Waals surface area contributed by atoms with Gasteiger partial charge in [-0.25, -0.2) is 4.98 Å². The lowest BCUT2D eigenvalue weighted by atomic mass is 10.2. The minimum absolute atomic E-state index is 0.0543. The molecule has 0 saturated heterocycles. The minimum Gasteiger partial charge on any atom is -0.304 e. The van der Waals surface area contributed by atoms with Gasteiger partial charge in [0.25, 0.3) is 5.56 Å². The van der Waals surface area contributed by atoms with Gasteiger partial charge < -0.3 is 4.98 Å². The van der Waals surface area contributed by atoms with Crippen LogP contribution in [0.2, 0.25) is 5.02 Å². The van der Waals surface area contributed by atoms with Crippen LogP contribution in [0.15, 0.2) is 29.1 Å². The zero-order valence-corrected chi connectivity index (χ0v) is 9.18. The number of aromatic amines is 1. The molecule has 0 amide bonds. The predicted octanol–water partition coefficient (Wildman–Crippen LogP) is 2.54. The Morgan fingerprint density at radius 3 is 2.69 bits per heavy atom. The number of H-pyrrole nitrogens is 1. The molecule has 2 aromatic rings. The van der Waals surface area contributed by atoms with Gasteiger partial charge in [0.15, 0.2) is 0 Å². The van der Waals surface area contributed by atoms with Gasteiger partial charge in [0, 0.05) is 5.56 Å². The van der Waals surface area contributed by atoms with Gasteiger partial charge in [-0.15, -0.1) is 0 Å². The lowest BCUT2D eigenvalue weighted by Crippen LogP contribution is -2.15. The number of aryl methyl sites for hydroxylation is 1. The molecule has 5 heteroatoms. The SMILES string of the molecule is Cc1nc(-c2ccccc2Cl)[nH]c(=O)c1F. The lowest BCUT2D eigenvalue weighted by Gasteiger charge is -2.04. The second-order valence-electron chi connectivity index (χ2n) is 3.29. The number of aromatic nitrogens is 2. The summed E-state index contributed by atoms with van der Waals surface area (Å²) in [5.41, 5.74) is -0.162. The third kappa shape index (κ3) is 1.84. The van der Waals surface area contributed by atoms with Crippen molar-refractivity contribution in [2.45, 2.75) is 6.92 Å². The fraction of sp³-hybridized carbons (Fsp3) is 0.0909. The lowest BCUT2D eigenvalue weighted by molar-refractivity contribution is 0.589. The van der Waals surface area contributed by atoms with Crippen LogP contribution in [0, 0.1) is 12.7 Å². The molecular weight excluding hydrogens is 231 g/mol. The van der Waals surface area contributed by atoms with Crippen molar-refractivity contribution in [2.75, 3.05) is 0 Å². The molecule has 0 bridgehead atoms. The summed E-state index contributed by atoms with van der Waals surface area (Å²) < 4.78 is 13.1. The van der Waals surface area contributed by atoms with Crippen LogP contribution in [0.3, 0.4) is 0 Å². The molecule has 0 unspecified atom stereocenters. The van der Waals surface area contributed by atoms with E-state index in [9.17, 15) is 9.18 Å². The van der Waals surface area contributed by atoms with Crippen molar-refractivity contribution < 1.29 is 4.39 Å². The second-order valence-corrected chi connectivity index (χ2v) is 3.70. The van der Waals surface area contributed by atoms with Crippen molar-refractivity contribution >= 4 is 11.6 Å². The largest absolute Gasteiger partial charge is 0.304 e. The summed E-state index contributed by atoms with van der Waals surface area (Å²) in [6.45, 7) is 1.44. The molecule has 0 spiro atoms. The van der Waals surface area contributed by atoms with Crippen molar-refractivity contribution in [2.24, 2.45) is 0 Å². The zero-order chi connectivity index (χ0) is 11.7. The molecule has 16 heavy (non-hydrogen) atoms. The number of rotatable bonds is 1. The third-order valence-electron chi connectivity index (χ3n) is 2.16. The molecule has 0 atom stereocenters. The van der Waals surface area contributed by atoms with E-state index in [1.807, 2.05) is 0 Å². The number of hydrogen-bond donors (Lipinski definition) is 1. The Morgan fingerprint density at radius 2 is 2.06 bits per heavy atom. The van der Waals surface area contributed by atoms with Gasteiger partial charge in [0.1, 0.15) is 5.82 Å². The Morgan fingerprint density at radius 1 is 1.38 bits per heavy atom. The van der Waals surface area contributed by atoms with Gasteiger partial charge in [-0.2, -0.15) is 4.39 Å². The first kappa shape index (κ1) is 10.8. The van der Waals surface area contributed by atoms with Crippen molar-refractivity contribution in [3.63, 3.8) is 0 Å². The van der Waals surface area contributed by atoms with E-state index >= 15 is 0 Å². The Hall–Kier alpha value is -1.68. The molecule has 0 radical (unpaired) electrons. The van der Waals surface area contributed by atoms with Crippen molar-refractivity contribution in [1.82, 2.24) is 9.97 Å². The average Bonchev–Trinajstić information content (AvgIpc) is 2.26. The van der Waals surface area contributed by atoms with E-state index in [1.54, 1.807) is 24.3 Å². The van der Waals surface area contributed by atoms with Gasteiger partial charge in [0.05, 0.1) is 10.7 Å². The number of nitrogens with one attached hydrogen (secondary N) is 1. The third-order valence-corrected chi connectivity index (χ3v) is 2.49. The molecule has 82 valence electrons. The average molecular weight is 239 g/mol. The molecule has 2 rings (SSSR count). The van der Waals surface area contributed by atoms with Gasteiger partial charge in [0.2, 0.25) is 5.82 Å². The maximum absolute atomic E-state index is 13.1. The zero-order valence-electron chi connectivity index (χ0n) is 8.42. The summed E-state index contributed by atoms with van der Waals surface area (Å²) in [7, 11) is 0. The van der Waals surface area contributed by atoms with Crippen LogP contribution in [-0.4, -0.2) is 9.97 Å². The highest BCUT2D eigenvalue weighted by Crippen LogP contribution is 2.23. The molecule has 0 aliphatic carbocycles. The minimum atomic E-state index is -0.865. The molecule has 3 nitrogen and oxygen atoms in total. The first-order valence-electron chi connectivity index (χ1n) is 4.61. The highest BCUT2D eigenvalue weighted by atomic mass is 35.5. The molecule has 1 aromatic heterocycles. The normalized spacial score (nSPS) is 10.4. The number of nitrogens with zero attached hydrogens (tertiary/aromatic N) is 1. The Labute approximate surface area is 95.9 Å². The number of halogens is 2. The molecule has 0 fully saturated rings. The Bertz CT molecular complexity index is 595. The van der Waals surface area contributed by atoms with E-state index in [2.05, 4.69) is 9.97 Å². The highest BCUT2D eigenvalue weighted by molar-refractivity contribution is 6.33. The molecule has 1 aromatic carbocycles. The van der Waals surface area contributed by atoms with Crippen LogP contribution in [0.1, 0.15) is 5.69 Å². The van der Waals surface area contributed by atoms with E-state index in [1.165, 1.54) is 6.92 Å². The van der Waals surface area contributed by atoms with E-state index in [0.717, 1.165) is 0 Å². The molecule has 0 aliphatic rings. The van der Waals surface area contributed by atoms with Crippen molar-refractivity contribution in [3.05, 3.63) is 51.2 Å². The fourth-order valence-corrected chi connectivity index (χ4v) is 1.58. The molecular formula is C11H8ClFN2O. The van der Waals surface area contributed by atoms with E-state index in [4.69, 9.17) is 11.6 Å². The van der Waals surface area contributed by atoms with Gasteiger partial charge in [-0.3, -0.25) is 4.79 Å². The van der Waals surface area contributed by atoms with Crippen LogP contribution in [0.5, 0.6) is 0 Å². The predicted molar refractivity (Wildman–Crippen MR) is 60.0 cm³/mol. The highest BCUT2D eigenvalue weighted by Gasteiger charge is 2.10. The summed E-state index contributed by atoms with van der Waals surface area (Å²) in [6.07, 6.45) is 0. The fourth-order valence-electron chi connectivity index (χ4n) is 1.35. The van der Waals surface area contributed by atoms with Gasteiger partial charge >= 0.3 is 0 Å². The quantitative estimate of drug-likeness (QED) is 0.830. The van der Waals surface area contributed by atoms with Crippen LogP contribution >= 0.6 is 11.6 Å². The van der Waals surface area contributed by atoms with Crippen molar-refractivity contribution in [1.29, 1.82) is 0 Å². The summed E-state index contributed by atoms with van der Waals surface area (Å²) in [5, 5.41) is 0.455. The summed E-state index contributed by atoms with van der Waals surface area (Å²) >= 11 is 5.95. The van der Waals surface area contributed by atoms with Crippen LogP contribution in [0.25, 0.3) is 11.4 Å². The number of hydrogen-bond acceptors (Lipinski definition) is 2. The Balaban J connectivity index is 2.67. The monoisotopic (exact) mass is 238 g/mol. The maximum Gasteiger partial charge on any atom is 0.287 e. The van der Waals surface area contributed by atoms with E-state index in [-0.39, 0.29) is 11.5 Å². The first-order valence-corrected chi connectivity index (χ1v) is 4.98. The molecule has 0 aliphatic heterocycles. The van der Waals surface area contributed by atoms with Gasteiger partial charge in [-0.05, 0) is 19.1 Å². The van der Waals surface area contributed by atoms with E-state index in [0.29, 0.717) is 10.6 Å². The number of benzene rings is 1. The summed E-state index contributed by atoms with van der Waals surface area (Å²) in [5.74, 6) is -0.592. The van der Waals surface area contributed by atoms with Crippen molar-refractivity contribution in [3.8, 4) is 11.4 Å².